The minimum Gasteiger partial charge on any atom is -0.339 e. The van der Waals surface area contributed by atoms with Gasteiger partial charge in [0, 0.05) is 41.8 Å². The predicted octanol–water partition coefficient (Wildman–Crippen LogP) is 3.58. The van der Waals surface area contributed by atoms with E-state index in [4.69, 9.17) is 0 Å². The molecule has 2 aliphatic rings. The summed E-state index contributed by atoms with van der Waals surface area (Å²) < 4.78 is 0. The summed E-state index contributed by atoms with van der Waals surface area (Å²) in [4.78, 5) is 30.6. The number of fused-ring (bicyclic) bond motifs is 1. The number of carbonyl (C=O) groups excluding carboxylic acids is 2. The predicted molar refractivity (Wildman–Crippen MR) is 113 cm³/mol. The number of hydrogen-bond acceptors (Lipinski definition) is 4. The molecule has 28 heavy (non-hydrogen) atoms. The first-order valence-corrected chi connectivity index (χ1v) is 10.9. The van der Waals surface area contributed by atoms with Crippen LogP contribution in [0.2, 0.25) is 0 Å². The smallest absolute Gasteiger partial charge is 0.253 e. The van der Waals surface area contributed by atoms with Gasteiger partial charge in [0.2, 0.25) is 5.91 Å². The number of likely N-dealkylation sites (N-methyl/N-ethyl adjacent to an activating group) is 1. The van der Waals surface area contributed by atoms with Crippen LogP contribution in [-0.2, 0) is 11.2 Å². The first kappa shape index (κ1) is 19.2. The van der Waals surface area contributed by atoms with Crippen molar-refractivity contribution in [3.8, 4) is 0 Å². The van der Waals surface area contributed by atoms with Crippen molar-refractivity contribution in [1.29, 1.82) is 0 Å². The van der Waals surface area contributed by atoms with Crippen LogP contribution in [0.3, 0.4) is 0 Å². The van der Waals surface area contributed by atoms with E-state index in [1.165, 1.54) is 4.88 Å². The van der Waals surface area contributed by atoms with Crippen LogP contribution in [0.1, 0.15) is 46.5 Å². The van der Waals surface area contributed by atoms with Crippen molar-refractivity contribution in [1.82, 2.24) is 9.80 Å². The Bertz CT molecular complexity index is 857. The molecule has 3 heterocycles. The molecular formula is C22H27N3O2S. The number of likely N-dealkylation sites (tertiary alicyclic amines) is 1. The molecule has 1 unspecified atom stereocenters. The molecule has 0 spiro atoms. The summed E-state index contributed by atoms with van der Waals surface area (Å²) in [5.41, 5.74) is 2.45. The highest BCUT2D eigenvalue weighted by atomic mass is 32.1. The van der Waals surface area contributed by atoms with Crippen LogP contribution >= 0.6 is 11.3 Å². The van der Waals surface area contributed by atoms with Crippen LogP contribution < -0.4 is 5.32 Å². The van der Waals surface area contributed by atoms with Gasteiger partial charge < -0.3 is 15.1 Å². The number of hydrogen-bond donors (Lipinski definition) is 1. The van der Waals surface area contributed by atoms with Gasteiger partial charge in [0.25, 0.3) is 5.91 Å². The van der Waals surface area contributed by atoms with Gasteiger partial charge in [-0.25, -0.2) is 0 Å². The number of carbonyl (C=O) groups is 2. The molecule has 2 aliphatic heterocycles. The average Bonchev–Trinajstić information content (AvgIpc) is 3.34. The van der Waals surface area contributed by atoms with Crippen LogP contribution in [0.25, 0.3) is 0 Å². The van der Waals surface area contributed by atoms with Gasteiger partial charge in [-0.3, -0.25) is 9.59 Å². The minimum absolute atomic E-state index is 0.00555. The fourth-order valence-corrected chi connectivity index (χ4v) is 4.86. The third-order valence-electron chi connectivity index (χ3n) is 6.08. The molecule has 0 saturated carbocycles. The van der Waals surface area contributed by atoms with Crippen LogP contribution in [0, 0.1) is 0 Å². The van der Waals surface area contributed by atoms with Gasteiger partial charge in [0.15, 0.2) is 0 Å². The molecular weight excluding hydrogens is 370 g/mol. The fourth-order valence-electron chi connectivity index (χ4n) is 4.17. The Balaban J connectivity index is 1.32. The fraction of sp³-hybridized carbons (Fsp3) is 0.455. The average molecular weight is 398 g/mol. The summed E-state index contributed by atoms with van der Waals surface area (Å²) in [6, 6.07) is 10.4. The Morgan fingerprint density at radius 1 is 1.29 bits per heavy atom. The molecule has 5 nitrogen and oxygen atoms in total. The van der Waals surface area contributed by atoms with Crippen molar-refractivity contribution in [2.75, 3.05) is 32.0 Å². The molecule has 2 aromatic rings. The Kier molecular flexibility index (Phi) is 5.51. The molecule has 1 aromatic carbocycles. The molecule has 1 fully saturated rings. The molecule has 1 N–H and O–H groups in total. The number of nitrogens with zero attached hydrogens (tertiary/aromatic N) is 2. The van der Waals surface area contributed by atoms with Crippen molar-refractivity contribution < 1.29 is 9.59 Å². The van der Waals surface area contributed by atoms with E-state index in [0.717, 1.165) is 50.1 Å². The zero-order valence-corrected chi connectivity index (χ0v) is 17.3. The number of benzene rings is 1. The Morgan fingerprint density at radius 2 is 2.07 bits per heavy atom. The lowest BCUT2D eigenvalue weighted by Crippen LogP contribution is -2.46. The highest BCUT2D eigenvalue weighted by Gasteiger charge is 2.29. The van der Waals surface area contributed by atoms with E-state index in [1.807, 2.05) is 41.4 Å². The maximum Gasteiger partial charge on any atom is 0.253 e. The van der Waals surface area contributed by atoms with E-state index in [1.54, 1.807) is 0 Å². The molecule has 0 radical (unpaired) electrons. The molecule has 1 aromatic heterocycles. The van der Waals surface area contributed by atoms with Crippen molar-refractivity contribution in [3.05, 3.63) is 51.7 Å². The van der Waals surface area contributed by atoms with E-state index in [0.29, 0.717) is 11.6 Å². The number of rotatable bonds is 5. The third kappa shape index (κ3) is 3.84. The second-order valence-corrected chi connectivity index (χ2v) is 8.88. The van der Waals surface area contributed by atoms with Gasteiger partial charge >= 0.3 is 0 Å². The number of thiophene rings is 1. The van der Waals surface area contributed by atoms with Gasteiger partial charge in [0.1, 0.15) is 0 Å². The van der Waals surface area contributed by atoms with Gasteiger partial charge in [-0.1, -0.05) is 6.07 Å². The molecule has 0 bridgehead atoms. The van der Waals surface area contributed by atoms with E-state index >= 15 is 0 Å². The highest BCUT2D eigenvalue weighted by molar-refractivity contribution is 7.09. The number of amides is 2. The Morgan fingerprint density at radius 3 is 2.79 bits per heavy atom. The summed E-state index contributed by atoms with van der Waals surface area (Å²) >= 11 is 1.82. The van der Waals surface area contributed by atoms with E-state index in [9.17, 15) is 9.59 Å². The molecule has 1 atom stereocenters. The summed E-state index contributed by atoms with van der Waals surface area (Å²) in [6.45, 7) is 4.52. The van der Waals surface area contributed by atoms with Gasteiger partial charge in [-0.2, -0.15) is 0 Å². The van der Waals surface area contributed by atoms with Crippen LogP contribution in [0.5, 0.6) is 0 Å². The quantitative estimate of drug-likeness (QED) is 0.839. The summed E-state index contributed by atoms with van der Waals surface area (Å²) in [7, 11) is 2.20. The highest BCUT2D eigenvalue weighted by Crippen LogP contribution is 2.33. The summed E-state index contributed by atoms with van der Waals surface area (Å²) in [5, 5.41) is 4.99. The first-order chi connectivity index (χ1) is 13.5. The zero-order valence-electron chi connectivity index (χ0n) is 16.5. The standard InChI is InChI=1S/C22H27N3O2S/c1-15-19-14-16(5-6-20(19)23-21(15)26)22(27)25-11-7-17(8-12-25)24(2)10-9-18-4-3-13-28-18/h3-6,13-15,17H,7-12H2,1-2H3,(H,23,26). The maximum atomic E-state index is 13.0. The number of anilines is 1. The van der Waals surface area contributed by atoms with Crippen molar-refractivity contribution in [2.24, 2.45) is 0 Å². The van der Waals surface area contributed by atoms with Crippen LogP contribution in [0.4, 0.5) is 5.69 Å². The Labute approximate surface area is 170 Å². The largest absolute Gasteiger partial charge is 0.339 e. The number of piperidine rings is 1. The SMILES string of the molecule is CC1C(=O)Nc2ccc(C(=O)N3CCC(N(C)CCc4cccs4)CC3)cc21. The molecule has 2 amide bonds. The van der Waals surface area contributed by atoms with E-state index in [-0.39, 0.29) is 17.7 Å². The van der Waals surface area contributed by atoms with Crippen LogP contribution in [0.15, 0.2) is 35.7 Å². The minimum atomic E-state index is -0.189. The van der Waals surface area contributed by atoms with E-state index < -0.39 is 0 Å². The lowest BCUT2D eigenvalue weighted by molar-refractivity contribution is -0.116. The lowest BCUT2D eigenvalue weighted by atomic mass is 9.98. The molecule has 0 aliphatic carbocycles. The van der Waals surface area contributed by atoms with Gasteiger partial charge in [-0.15, -0.1) is 11.3 Å². The summed E-state index contributed by atoms with van der Waals surface area (Å²) in [5.74, 6) is -0.106. The topological polar surface area (TPSA) is 52.7 Å². The number of nitrogens with one attached hydrogen (secondary N) is 1. The molecule has 6 heteroatoms. The summed E-state index contributed by atoms with van der Waals surface area (Å²) in [6.07, 6.45) is 3.11. The van der Waals surface area contributed by atoms with Crippen molar-refractivity contribution >= 4 is 28.8 Å². The first-order valence-electron chi connectivity index (χ1n) is 9.99. The second-order valence-electron chi connectivity index (χ2n) is 7.85. The molecule has 148 valence electrons. The molecule has 1 saturated heterocycles. The van der Waals surface area contributed by atoms with Gasteiger partial charge in [-0.05, 0) is 68.4 Å². The zero-order chi connectivity index (χ0) is 19.7. The maximum absolute atomic E-state index is 13.0. The van der Waals surface area contributed by atoms with Crippen LogP contribution in [-0.4, -0.2) is 54.3 Å². The third-order valence-corrected chi connectivity index (χ3v) is 7.02. The van der Waals surface area contributed by atoms with E-state index in [2.05, 4.69) is 34.8 Å². The monoisotopic (exact) mass is 397 g/mol. The molecule has 4 rings (SSSR count). The lowest BCUT2D eigenvalue weighted by Gasteiger charge is -2.37. The van der Waals surface area contributed by atoms with Crippen molar-refractivity contribution in [3.63, 3.8) is 0 Å². The second kappa shape index (κ2) is 8.05. The van der Waals surface area contributed by atoms with Crippen molar-refractivity contribution in [2.45, 2.75) is 38.1 Å². The normalized spacial score (nSPS) is 19.8. The Hall–Kier alpha value is -2.18. The van der Waals surface area contributed by atoms with Gasteiger partial charge in [0.05, 0.1) is 5.92 Å².